The second-order valence-electron chi connectivity index (χ2n) is 14.3. The van der Waals surface area contributed by atoms with Crippen molar-refractivity contribution in [2.75, 3.05) is 4.90 Å². The maximum absolute atomic E-state index is 7.04. The lowest BCUT2D eigenvalue weighted by Gasteiger charge is -2.31. The molecule has 2 heterocycles. The smallest absolute Gasteiger partial charge is 0.142 e. The number of para-hydroxylation sites is 3. The molecule has 0 radical (unpaired) electrons. The van der Waals surface area contributed by atoms with E-state index in [-0.39, 0.29) is 17.4 Å². The summed E-state index contributed by atoms with van der Waals surface area (Å²) in [6, 6.07) is 58.4. The van der Waals surface area contributed by atoms with Gasteiger partial charge in [-0.25, -0.2) is 0 Å². The highest BCUT2D eigenvalue weighted by molar-refractivity contribution is 6.11. The standard InChI is InChI=1S/C49H31NO/c1-2-14-30(15-3-1)50-44-26-11-7-19-37(44)47-34(20-13-27-45(47)50)35-21-12-22-36-39-28-43-38(29-46(39)51-48(35)36)33-18-6-10-25-42(33)49(43)40-23-8-4-16-31(40)32-17-5-9-24-41(32)49/h1-29,45,47H. The number of anilines is 2. The van der Waals surface area contributed by atoms with Crippen molar-refractivity contribution in [3.8, 4) is 22.3 Å². The average molecular weight is 650 g/mol. The SMILES string of the molecule is C1=CC2C(C(c3cccc4c3oc3cc5c(cc34)C3(c4ccccc4-c4ccccc43)c3ccccc3-5)=C1)c1ccccc1N2c1ccccc1. The quantitative estimate of drug-likeness (QED) is 0.185. The molecular formula is C49H31NO. The molecule has 0 bridgehead atoms. The van der Waals surface area contributed by atoms with Crippen molar-refractivity contribution < 1.29 is 4.42 Å². The largest absolute Gasteiger partial charge is 0.455 e. The van der Waals surface area contributed by atoms with Gasteiger partial charge in [-0.05, 0) is 86.0 Å². The van der Waals surface area contributed by atoms with Crippen LogP contribution < -0.4 is 4.90 Å². The fraction of sp³-hybridized carbons (Fsp3) is 0.0612. The summed E-state index contributed by atoms with van der Waals surface area (Å²) in [5.74, 6) is 0.178. The van der Waals surface area contributed by atoms with Crippen molar-refractivity contribution in [1.29, 1.82) is 0 Å². The van der Waals surface area contributed by atoms with Crippen LogP contribution in [0.1, 0.15) is 39.3 Å². The minimum absolute atomic E-state index is 0.173. The molecule has 2 atom stereocenters. The molecular weight excluding hydrogens is 619 g/mol. The summed E-state index contributed by atoms with van der Waals surface area (Å²) < 4.78 is 7.04. The zero-order valence-corrected chi connectivity index (χ0v) is 27.8. The molecule has 2 heteroatoms. The summed E-state index contributed by atoms with van der Waals surface area (Å²) in [5.41, 5.74) is 18.4. The molecule has 8 aromatic rings. The molecule has 1 aliphatic heterocycles. The molecule has 2 nitrogen and oxygen atoms in total. The first kappa shape index (κ1) is 27.4. The minimum atomic E-state index is -0.382. The van der Waals surface area contributed by atoms with Crippen LogP contribution in [0.5, 0.6) is 0 Å². The molecule has 0 saturated heterocycles. The molecule has 0 amide bonds. The number of allylic oxidation sites excluding steroid dienone is 2. The van der Waals surface area contributed by atoms with Crippen molar-refractivity contribution in [3.05, 3.63) is 209 Å². The van der Waals surface area contributed by atoms with E-state index in [4.69, 9.17) is 4.42 Å². The van der Waals surface area contributed by atoms with Gasteiger partial charge in [0.1, 0.15) is 11.2 Å². The van der Waals surface area contributed by atoms with E-state index in [1.54, 1.807) is 0 Å². The molecule has 4 aliphatic rings. The van der Waals surface area contributed by atoms with Crippen LogP contribution in [-0.2, 0) is 5.41 Å². The number of hydrogen-bond donors (Lipinski definition) is 0. The van der Waals surface area contributed by atoms with Gasteiger partial charge in [0.05, 0.1) is 11.5 Å². The summed E-state index contributed by atoms with van der Waals surface area (Å²) in [6.45, 7) is 0. The molecule has 0 N–H and O–H groups in total. The third-order valence-electron chi connectivity index (χ3n) is 12.1. The Hall–Kier alpha value is -6.38. The number of nitrogens with zero attached hydrogens (tertiary/aromatic N) is 1. The number of hydrogen-bond acceptors (Lipinski definition) is 2. The van der Waals surface area contributed by atoms with Gasteiger partial charge in [-0.15, -0.1) is 0 Å². The zero-order valence-electron chi connectivity index (χ0n) is 27.8. The van der Waals surface area contributed by atoms with E-state index in [0.29, 0.717) is 0 Å². The molecule has 0 fully saturated rings. The summed E-state index contributed by atoms with van der Waals surface area (Å²) in [6.07, 6.45) is 6.91. The Morgan fingerprint density at radius 1 is 0.510 bits per heavy atom. The molecule has 12 rings (SSSR count). The molecule has 3 aliphatic carbocycles. The maximum Gasteiger partial charge on any atom is 0.142 e. The monoisotopic (exact) mass is 649 g/mol. The van der Waals surface area contributed by atoms with E-state index in [1.165, 1.54) is 78.0 Å². The van der Waals surface area contributed by atoms with Gasteiger partial charge < -0.3 is 9.32 Å². The van der Waals surface area contributed by atoms with Crippen molar-refractivity contribution >= 4 is 38.9 Å². The Morgan fingerprint density at radius 2 is 1.14 bits per heavy atom. The fourth-order valence-corrected chi connectivity index (χ4v) is 10.2. The van der Waals surface area contributed by atoms with Crippen LogP contribution >= 0.6 is 0 Å². The first-order chi connectivity index (χ1) is 25.3. The van der Waals surface area contributed by atoms with Crippen LogP contribution in [0, 0.1) is 0 Å². The third-order valence-corrected chi connectivity index (χ3v) is 12.1. The number of fused-ring (bicyclic) bond motifs is 16. The molecule has 1 aromatic heterocycles. The van der Waals surface area contributed by atoms with E-state index in [9.17, 15) is 0 Å². The normalized spacial score (nSPS) is 18.4. The van der Waals surface area contributed by atoms with Crippen LogP contribution in [0.2, 0.25) is 0 Å². The van der Waals surface area contributed by atoms with Crippen molar-refractivity contribution in [2.24, 2.45) is 0 Å². The fourth-order valence-electron chi connectivity index (χ4n) is 10.2. The maximum atomic E-state index is 7.04. The molecule has 238 valence electrons. The van der Waals surface area contributed by atoms with Crippen LogP contribution in [0.3, 0.4) is 0 Å². The van der Waals surface area contributed by atoms with Crippen LogP contribution in [0.25, 0.3) is 49.8 Å². The van der Waals surface area contributed by atoms with Gasteiger partial charge in [-0.1, -0.05) is 146 Å². The van der Waals surface area contributed by atoms with Crippen molar-refractivity contribution in [3.63, 3.8) is 0 Å². The molecule has 7 aromatic carbocycles. The summed E-state index contributed by atoms with van der Waals surface area (Å²) in [5, 5.41) is 2.33. The Balaban J connectivity index is 1.09. The van der Waals surface area contributed by atoms with Crippen LogP contribution in [0.15, 0.2) is 180 Å². The van der Waals surface area contributed by atoms with Crippen molar-refractivity contribution in [1.82, 2.24) is 0 Å². The summed E-state index contributed by atoms with van der Waals surface area (Å²) in [7, 11) is 0. The third kappa shape index (κ3) is 3.38. The molecule has 0 saturated carbocycles. The molecule has 2 unspecified atom stereocenters. The van der Waals surface area contributed by atoms with Crippen molar-refractivity contribution in [2.45, 2.75) is 17.4 Å². The summed E-state index contributed by atoms with van der Waals surface area (Å²) >= 11 is 0. The van der Waals surface area contributed by atoms with E-state index in [0.717, 1.165) is 16.6 Å². The number of rotatable bonds is 2. The average Bonchev–Trinajstić information content (AvgIpc) is 3.91. The van der Waals surface area contributed by atoms with Gasteiger partial charge in [-0.2, -0.15) is 0 Å². The van der Waals surface area contributed by atoms with Gasteiger partial charge in [-0.3, -0.25) is 0 Å². The predicted molar refractivity (Wildman–Crippen MR) is 209 cm³/mol. The zero-order chi connectivity index (χ0) is 33.3. The highest BCUT2D eigenvalue weighted by Gasteiger charge is 2.52. The molecule has 1 spiro atoms. The predicted octanol–water partition coefficient (Wildman–Crippen LogP) is 12.2. The Kier molecular flexibility index (Phi) is 5.31. The number of furan rings is 1. The lowest BCUT2D eigenvalue weighted by Crippen LogP contribution is -2.30. The van der Waals surface area contributed by atoms with E-state index in [1.807, 2.05) is 0 Å². The van der Waals surface area contributed by atoms with E-state index < -0.39 is 0 Å². The number of benzene rings is 7. The van der Waals surface area contributed by atoms with Gasteiger partial charge in [0, 0.05) is 33.6 Å². The van der Waals surface area contributed by atoms with Gasteiger partial charge in [0.15, 0.2) is 0 Å². The molecule has 51 heavy (non-hydrogen) atoms. The van der Waals surface area contributed by atoms with E-state index in [2.05, 4.69) is 181 Å². The first-order valence-electron chi connectivity index (χ1n) is 17.9. The van der Waals surface area contributed by atoms with Gasteiger partial charge >= 0.3 is 0 Å². The Morgan fingerprint density at radius 3 is 1.88 bits per heavy atom. The van der Waals surface area contributed by atoms with Crippen LogP contribution in [-0.4, -0.2) is 6.04 Å². The first-order valence-corrected chi connectivity index (χ1v) is 17.9. The lowest BCUT2D eigenvalue weighted by molar-refractivity contribution is 0.665. The topological polar surface area (TPSA) is 16.4 Å². The van der Waals surface area contributed by atoms with Gasteiger partial charge in [0.25, 0.3) is 0 Å². The Labute approximate surface area is 296 Å². The minimum Gasteiger partial charge on any atom is -0.455 e. The van der Waals surface area contributed by atoms with Gasteiger partial charge in [0.2, 0.25) is 0 Å². The second-order valence-corrected chi connectivity index (χ2v) is 14.3. The highest BCUT2D eigenvalue weighted by Crippen LogP contribution is 2.63. The Bertz CT molecular complexity index is 2790. The van der Waals surface area contributed by atoms with E-state index >= 15 is 0 Å². The lowest BCUT2D eigenvalue weighted by atomic mass is 9.70. The summed E-state index contributed by atoms with van der Waals surface area (Å²) in [4.78, 5) is 2.50. The highest BCUT2D eigenvalue weighted by atomic mass is 16.3. The van der Waals surface area contributed by atoms with Crippen LogP contribution in [0.4, 0.5) is 11.4 Å². The second kappa shape index (κ2) is 9.87.